The molecule has 3 aromatic heterocycles. The molecule has 0 aliphatic heterocycles. The van der Waals surface area contributed by atoms with Gasteiger partial charge in [-0.25, -0.2) is 4.98 Å². The molecule has 1 aromatic carbocycles. The van der Waals surface area contributed by atoms with Crippen LogP contribution in [0.5, 0.6) is 0 Å². The lowest BCUT2D eigenvalue weighted by Crippen LogP contribution is -2.27. The highest BCUT2D eigenvalue weighted by Crippen LogP contribution is 2.24. The van der Waals surface area contributed by atoms with Crippen LogP contribution in [-0.4, -0.2) is 25.7 Å². The second-order valence-corrected chi connectivity index (χ2v) is 7.66. The number of fused-ring (bicyclic) bond motifs is 3. The average Bonchev–Trinajstić information content (AvgIpc) is 3.21. The molecule has 0 spiro atoms. The van der Waals surface area contributed by atoms with Gasteiger partial charge >= 0.3 is 0 Å². The van der Waals surface area contributed by atoms with Crippen LogP contribution in [-0.2, 0) is 17.8 Å². The van der Waals surface area contributed by atoms with E-state index in [1.807, 2.05) is 18.2 Å². The summed E-state index contributed by atoms with van der Waals surface area (Å²) in [5, 5.41) is 12.8. The summed E-state index contributed by atoms with van der Waals surface area (Å²) in [6, 6.07) is 7.30. The van der Waals surface area contributed by atoms with Crippen molar-refractivity contribution in [2.75, 3.05) is 5.32 Å². The minimum atomic E-state index is -0.399. The number of carbonyl (C=O) groups excluding carboxylic acids is 1. The lowest BCUT2D eigenvalue weighted by Gasteiger charge is -2.04. The highest BCUT2D eigenvalue weighted by molar-refractivity contribution is 7.15. The van der Waals surface area contributed by atoms with Gasteiger partial charge in [0.1, 0.15) is 22.7 Å². The Labute approximate surface area is 157 Å². The average molecular weight is 383 g/mol. The number of amides is 1. The molecule has 138 valence electrons. The van der Waals surface area contributed by atoms with Gasteiger partial charge in [0.25, 0.3) is 5.56 Å². The molecule has 3 heterocycles. The Hall–Kier alpha value is -3.07. The molecule has 0 saturated carbocycles. The molecule has 0 bridgehead atoms. The molecule has 0 saturated heterocycles. The quantitative estimate of drug-likeness (QED) is 0.568. The van der Waals surface area contributed by atoms with Gasteiger partial charge in [0, 0.05) is 11.8 Å². The summed E-state index contributed by atoms with van der Waals surface area (Å²) in [5.74, 6) is 0.0864. The minimum Gasteiger partial charge on any atom is -0.448 e. The molecule has 8 nitrogen and oxygen atoms in total. The summed E-state index contributed by atoms with van der Waals surface area (Å²) in [5.41, 5.74) is 0.825. The van der Waals surface area contributed by atoms with Crippen molar-refractivity contribution in [2.24, 2.45) is 5.92 Å². The summed E-state index contributed by atoms with van der Waals surface area (Å²) in [6.07, 6.45) is 2.16. The second kappa shape index (κ2) is 6.92. The van der Waals surface area contributed by atoms with E-state index < -0.39 is 5.56 Å². The molecule has 4 rings (SSSR count). The van der Waals surface area contributed by atoms with Gasteiger partial charge in [-0.15, -0.1) is 10.2 Å². The van der Waals surface area contributed by atoms with Crippen LogP contribution in [0.2, 0.25) is 0 Å². The number of anilines is 1. The van der Waals surface area contributed by atoms with Crippen molar-refractivity contribution in [1.82, 2.24) is 19.7 Å². The molecule has 0 atom stereocenters. The first kappa shape index (κ1) is 17.3. The summed E-state index contributed by atoms with van der Waals surface area (Å²) in [6.45, 7) is 4.00. The zero-order valence-corrected chi connectivity index (χ0v) is 15.6. The molecule has 27 heavy (non-hydrogen) atoms. The zero-order chi connectivity index (χ0) is 19.0. The van der Waals surface area contributed by atoms with Crippen molar-refractivity contribution in [3.05, 3.63) is 46.0 Å². The first-order valence-electron chi connectivity index (χ1n) is 8.50. The van der Waals surface area contributed by atoms with Crippen molar-refractivity contribution < 1.29 is 9.21 Å². The van der Waals surface area contributed by atoms with E-state index in [0.717, 1.165) is 16.8 Å². The predicted octanol–water partition coefficient (Wildman–Crippen LogP) is 2.83. The summed E-state index contributed by atoms with van der Waals surface area (Å²) in [4.78, 5) is 29.2. The van der Waals surface area contributed by atoms with Crippen molar-refractivity contribution in [1.29, 1.82) is 0 Å². The number of benzene rings is 1. The number of nitrogens with zero attached hydrogens (tertiary/aromatic N) is 4. The van der Waals surface area contributed by atoms with E-state index in [0.29, 0.717) is 22.1 Å². The third-order valence-electron chi connectivity index (χ3n) is 3.96. The van der Waals surface area contributed by atoms with Gasteiger partial charge in [0.05, 0.1) is 6.33 Å². The molecule has 1 amide bonds. The van der Waals surface area contributed by atoms with Gasteiger partial charge < -0.3 is 4.42 Å². The molecule has 0 aliphatic carbocycles. The molecule has 0 fully saturated rings. The molecule has 0 radical (unpaired) electrons. The third kappa shape index (κ3) is 3.45. The topological polar surface area (TPSA) is 103 Å². The standard InChI is InChI=1S/C18H17N5O3S/c1-10(2)7-14-21-22-18(27-14)20-13(24)8-23-9-19-15-11-5-3-4-6-12(11)26-16(15)17(23)25/h3-6,9-10H,7-8H2,1-2H3,(H,20,22,24). The largest absolute Gasteiger partial charge is 0.448 e. The maximum absolute atomic E-state index is 12.6. The SMILES string of the molecule is CC(C)Cc1nnc(NC(=O)Cn2cnc3c(oc4ccccc43)c2=O)s1. The molecule has 1 N–H and O–H groups in total. The second-order valence-electron chi connectivity index (χ2n) is 6.60. The highest BCUT2D eigenvalue weighted by Gasteiger charge is 2.15. The number of hydrogen-bond acceptors (Lipinski definition) is 7. The van der Waals surface area contributed by atoms with Crippen LogP contribution in [0, 0.1) is 5.92 Å². The van der Waals surface area contributed by atoms with Gasteiger partial charge in [-0.3, -0.25) is 19.5 Å². The lowest BCUT2D eigenvalue weighted by molar-refractivity contribution is -0.116. The monoisotopic (exact) mass is 383 g/mol. The van der Waals surface area contributed by atoms with Crippen LogP contribution in [0.3, 0.4) is 0 Å². The zero-order valence-electron chi connectivity index (χ0n) is 14.8. The van der Waals surface area contributed by atoms with Crippen molar-refractivity contribution in [3.8, 4) is 0 Å². The van der Waals surface area contributed by atoms with Crippen LogP contribution in [0.15, 0.2) is 39.8 Å². The fourth-order valence-electron chi connectivity index (χ4n) is 2.78. The Morgan fingerprint density at radius 3 is 2.93 bits per heavy atom. The number of carbonyl (C=O) groups is 1. The first-order chi connectivity index (χ1) is 13.0. The van der Waals surface area contributed by atoms with E-state index in [1.165, 1.54) is 22.2 Å². The Morgan fingerprint density at radius 1 is 1.30 bits per heavy atom. The molecule has 0 unspecified atom stereocenters. The van der Waals surface area contributed by atoms with E-state index in [2.05, 4.69) is 34.3 Å². The summed E-state index contributed by atoms with van der Waals surface area (Å²) >= 11 is 1.33. The van der Waals surface area contributed by atoms with Crippen molar-refractivity contribution in [2.45, 2.75) is 26.8 Å². The smallest absolute Gasteiger partial charge is 0.297 e. The third-order valence-corrected chi connectivity index (χ3v) is 4.82. The van der Waals surface area contributed by atoms with Gasteiger partial charge in [-0.05, 0) is 18.1 Å². The summed E-state index contributed by atoms with van der Waals surface area (Å²) in [7, 11) is 0. The van der Waals surface area contributed by atoms with Crippen molar-refractivity contribution in [3.63, 3.8) is 0 Å². The molecule has 4 aromatic rings. The summed E-state index contributed by atoms with van der Waals surface area (Å²) < 4.78 is 6.83. The Balaban J connectivity index is 1.55. The first-order valence-corrected chi connectivity index (χ1v) is 9.32. The maximum atomic E-state index is 12.6. The van der Waals surface area contributed by atoms with Crippen LogP contribution in [0.25, 0.3) is 22.1 Å². The van der Waals surface area contributed by atoms with Crippen LogP contribution >= 0.6 is 11.3 Å². The number of furan rings is 1. The van der Waals surface area contributed by atoms with E-state index in [9.17, 15) is 9.59 Å². The Kier molecular flexibility index (Phi) is 4.44. The molecule has 9 heteroatoms. The Morgan fingerprint density at radius 2 is 2.11 bits per heavy atom. The van der Waals surface area contributed by atoms with E-state index in [1.54, 1.807) is 6.07 Å². The van der Waals surface area contributed by atoms with Crippen LogP contribution < -0.4 is 10.9 Å². The number of rotatable bonds is 5. The number of nitrogens with one attached hydrogen (secondary N) is 1. The lowest BCUT2D eigenvalue weighted by atomic mass is 10.1. The normalized spacial score (nSPS) is 11.5. The fraction of sp³-hybridized carbons (Fsp3) is 0.278. The highest BCUT2D eigenvalue weighted by atomic mass is 32.1. The van der Waals surface area contributed by atoms with Crippen LogP contribution in [0.1, 0.15) is 18.9 Å². The Bertz CT molecular complexity index is 1190. The fourth-order valence-corrected chi connectivity index (χ4v) is 3.75. The van der Waals surface area contributed by atoms with E-state index in [4.69, 9.17) is 4.42 Å². The van der Waals surface area contributed by atoms with Gasteiger partial charge in [0.2, 0.25) is 16.6 Å². The number of aromatic nitrogens is 4. The van der Waals surface area contributed by atoms with Gasteiger partial charge in [-0.2, -0.15) is 0 Å². The van der Waals surface area contributed by atoms with E-state index in [-0.39, 0.29) is 18.0 Å². The number of para-hydroxylation sites is 1. The minimum absolute atomic E-state index is 0.140. The van der Waals surface area contributed by atoms with Gasteiger partial charge in [-0.1, -0.05) is 37.3 Å². The van der Waals surface area contributed by atoms with E-state index >= 15 is 0 Å². The molecular formula is C18H17N5O3S. The molecular weight excluding hydrogens is 366 g/mol. The number of hydrogen-bond donors (Lipinski definition) is 1. The predicted molar refractivity (Wildman–Crippen MR) is 103 cm³/mol. The van der Waals surface area contributed by atoms with Gasteiger partial charge in [0.15, 0.2) is 0 Å². The maximum Gasteiger partial charge on any atom is 0.297 e. The molecule has 0 aliphatic rings. The van der Waals surface area contributed by atoms with Crippen molar-refractivity contribution >= 4 is 44.4 Å². The van der Waals surface area contributed by atoms with Crippen LogP contribution in [0.4, 0.5) is 5.13 Å².